The molecule has 3 nitrogen and oxygen atoms in total. The highest BCUT2D eigenvalue weighted by molar-refractivity contribution is 9.09. The summed E-state index contributed by atoms with van der Waals surface area (Å²) < 4.78 is 2.22. The molecule has 0 amide bonds. The molecule has 1 unspecified atom stereocenters. The van der Waals surface area contributed by atoms with Gasteiger partial charge in [-0.3, -0.25) is 9.58 Å². The zero-order valence-electron chi connectivity index (χ0n) is 10.9. The molecule has 100 valence electrons. The molecule has 3 rings (SSSR count). The molecule has 1 aliphatic carbocycles. The number of hydrogen-bond acceptors (Lipinski definition) is 2. The Hall–Kier alpha value is -0.350. The highest BCUT2D eigenvalue weighted by atomic mass is 79.9. The lowest BCUT2D eigenvalue weighted by Crippen LogP contribution is -2.21. The third-order valence-electron chi connectivity index (χ3n) is 4.21. The molecule has 0 aromatic carbocycles. The van der Waals surface area contributed by atoms with Crippen LogP contribution in [0.25, 0.3) is 0 Å². The summed E-state index contributed by atoms with van der Waals surface area (Å²) in [5.74, 6) is 0. The molecular formula is C14H22BrN3. The summed E-state index contributed by atoms with van der Waals surface area (Å²) in [6.45, 7) is 3.38. The van der Waals surface area contributed by atoms with Crippen molar-refractivity contribution in [1.29, 1.82) is 0 Å². The van der Waals surface area contributed by atoms with Gasteiger partial charge in [-0.2, -0.15) is 5.10 Å². The van der Waals surface area contributed by atoms with Gasteiger partial charge >= 0.3 is 0 Å². The molecule has 1 saturated heterocycles. The van der Waals surface area contributed by atoms with E-state index in [0.717, 1.165) is 13.1 Å². The standard InChI is InChI=1S/C14H22BrN3/c15-12-6-8-17(10-12)11-13-7-9-18(16-13)14-4-2-1-3-5-14/h7,9,12,14H,1-6,8,10-11H2. The molecule has 1 saturated carbocycles. The second-order valence-corrected chi connectivity index (χ2v) is 6.99. The summed E-state index contributed by atoms with van der Waals surface area (Å²) in [5, 5.41) is 4.78. The third kappa shape index (κ3) is 2.97. The molecule has 0 bridgehead atoms. The Morgan fingerprint density at radius 1 is 1.22 bits per heavy atom. The van der Waals surface area contributed by atoms with E-state index in [2.05, 4.69) is 37.8 Å². The molecule has 4 heteroatoms. The second kappa shape index (κ2) is 5.74. The molecule has 1 atom stereocenters. The van der Waals surface area contributed by atoms with Crippen LogP contribution in [0.1, 0.15) is 50.3 Å². The maximum atomic E-state index is 4.78. The van der Waals surface area contributed by atoms with E-state index in [1.165, 1.54) is 50.8 Å². The van der Waals surface area contributed by atoms with Gasteiger partial charge in [-0.1, -0.05) is 35.2 Å². The number of rotatable bonds is 3. The molecule has 1 aromatic heterocycles. The summed E-state index contributed by atoms with van der Waals surface area (Å²) in [6.07, 6.45) is 10.2. The normalized spacial score (nSPS) is 26.8. The molecule has 0 radical (unpaired) electrons. The van der Waals surface area contributed by atoms with Crippen LogP contribution < -0.4 is 0 Å². The molecule has 1 aliphatic heterocycles. The average Bonchev–Trinajstić information content (AvgIpc) is 3.01. The van der Waals surface area contributed by atoms with E-state index in [1.54, 1.807) is 0 Å². The van der Waals surface area contributed by atoms with Crippen molar-refractivity contribution in [3.8, 4) is 0 Å². The van der Waals surface area contributed by atoms with E-state index in [9.17, 15) is 0 Å². The Morgan fingerprint density at radius 3 is 2.78 bits per heavy atom. The van der Waals surface area contributed by atoms with Crippen LogP contribution in [0.2, 0.25) is 0 Å². The van der Waals surface area contributed by atoms with Crippen molar-refractivity contribution in [2.75, 3.05) is 13.1 Å². The average molecular weight is 312 g/mol. The maximum Gasteiger partial charge on any atom is 0.0764 e. The Labute approximate surface area is 118 Å². The van der Waals surface area contributed by atoms with E-state index in [4.69, 9.17) is 5.10 Å². The highest BCUT2D eigenvalue weighted by Crippen LogP contribution is 2.27. The number of halogens is 1. The van der Waals surface area contributed by atoms with Gasteiger partial charge in [0.1, 0.15) is 0 Å². The van der Waals surface area contributed by atoms with Crippen LogP contribution in [-0.4, -0.2) is 32.6 Å². The topological polar surface area (TPSA) is 21.1 Å². The summed E-state index contributed by atoms with van der Waals surface area (Å²) in [7, 11) is 0. The molecule has 2 heterocycles. The van der Waals surface area contributed by atoms with Gasteiger partial charge in [-0.15, -0.1) is 0 Å². The third-order valence-corrected chi connectivity index (χ3v) is 4.96. The zero-order chi connectivity index (χ0) is 12.4. The van der Waals surface area contributed by atoms with Crippen molar-refractivity contribution in [3.63, 3.8) is 0 Å². The molecule has 18 heavy (non-hydrogen) atoms. The molecular weight excluding hydrogens is 290 g/mol. The van der Waals surface area contributed by atoms with Gasteiger partial charge in [0.2, 0.25) is 0 Å². The van der Waals surface area contributed by atoms with E-state index >= 15 is 0 Å². The minimum absolute atomic E-state index is 0.662. The Bertz CT molecular complexity index is 384. The summed E-state index contributed by atoms with van der Waals surface area (Å²) in [4.78, 5) is 3.17. The van der Waals surface area contributed by atoms with Crippen molar-refractivity contribution in [3.05, 3.63) is 18.0 Å². The van der Waals surface area contributed by atoms with Gasteiger partial charge in [0, 0.05) is 24.1 Å². The van der Waals surface area contributed by atoms with Crippen molar-refractivity contribution in [2.24, 2.45) is 0 Å². The fourth-order valence-corrected chi connectivity index (χ4v) is 3.78. The van der Waals surface area contributed by atoms with Crippen LogP contribution in [0.5, 0.6) is 0 Å². The van der Waals surface area contributed by atoms with Crippen LogP contribution in [0.4, 0.5) is 0 Å². The minimum atomic E-state index is 0.662. The number of hydrogen-bond donors (Lipinski definition) is 0. The lowest BCUT2D eigenvalue weighted by Gasteiger charge is -2.22. The van der Waals surface area contributed by atoms with Gasteiger partial charge in [-0.05, 0) is 31.9 Å². The van der Waals surface area contributed by atoms with Crippen LogP contribution >= 0.6 is 15.9 Å². The lowest BCUT2D eigenvalue weighted by molar-refractivity contribution is 0.310. The predicted molar refractivity (Wildman–Crippen MR) is 77.0 cm³/mol. The fraction of sp³-hybridized carbons (Fsp3) is 0.786. The SMILES string of the molecule is BrC1CCN(Cc2ccn(C3CCCCC3)n2)C1. The smallest absolute Gasteiger partial charge is 0.0764 e. The van der Waals surface area contributed by atoms with Crippen molar-refractivity contribution in [2.45, 2.75) is 55.9 Å². The maximum absolute atomic E-state index is 4.78. The van der Waals surface area contributed by atoms with Crippen molar-refractivity contribution < 1.29 is 0 Å². The summed E-state index contributed by atoms with van der Waals surface area (Å²) in [5.41, 5.74) is 1.24. The number of aromatic nitrogens is 2. The fourth-order valence-electron chi connectivity index (χ4n) is 3.17. The van der Waals surface area contributed by atoms with E-state index in [1.807, 2.05) is 0 Å². The number of alkyl halides is 1. The van der Waals surface area contributed by atoms with Gasteiger partial charge in [0.25, 0.3) is 0 Å². The van der Waals surface area contributed by atoms with Gasteiger partial charge in [-0.25, -0.2) is 0 Å². The lowest BCUT2D eigenvalue weighted by atomic mass is 9.96. The van der Waals surface area contributed by atoms with Crippen molar-refractivity contribution >= 4 is 15.9 Å². The van der Waals surface area contributed by atoms with Crippen molar-refractivity contribution in [1.82, 2.24) is 14.7 Å². The van der Waals surface area contributed by atoms with Gasteiger partial charge in [0.05, 0.1) is 11.7 Å². The van der Waals surface area contributed by atoms with Gasteiger partial charge < -0.3 is 0 Å². The molecule has 0 N–H and O–H groups in total. The first-order chi connectivity index (χ1) is 8.81. The largest absolute Gasteiger partial charge is 0.296 e. The summed E-state index contributed by atoms with van der Waals surface area (Å²) >= 11 is 3.69. The summed E-state index contributed by atoms with van der Waals surface area (Å²) in [6, 6.07) is 2.87. The highest BCUT2D eigenvalue weighted by Gasteiger charge is 2.21. The van der Waals surface area contributed by atoms with E-state index < -0.39 is 0 Å². The van der Waals surface area contributed by atoms with Gasteiger partial charge in [0.15, 0.2) is 0 Å². The van der Waals surface area contributed by atoms with E-state index in [0.29, 0.717) is 10.9 Å². The first kappa shape index (κ1) is 12.7. The minimum Gasteiger partial charge on any atom is -0.296 e. The van der Waals surface area contributed by atoms with E-state index in [-0.39, 0.29) is 0 Å². The second-order valence-electron chi connectivity index (χ2n) is 5.70. The number of nitrogens with zero attached hydrogens (tertiary/aromatic N) is 3. The monoisotopic (exact) mass is 311 g/mol. The zero-order valence-corrected chi connectivity index (χ0v) is 12.5. The Kier molecular flexibility index (Phi) is 4.04. The first-order valence-electron chi connectivity index (χ1n) is 7.22. The molecule has 2 fully saturated rings. The van der Waals surface area contributed by atoms with Crippen LogP contribution in [0.3, 0.4) is 0 Å². The first-order valence-corrected chi connectivity index (χ1v) is 8.13. The Morgan fingerprint density at radius 2 is 2.06 bits per heavy atom. The predicted octanol–water partition coefficient (Wildman–Crippen LogP) is 3.36. The number of likely N-dealkylation sites (tertiary alicyclic amines) is 1. The van der Waals surface area contributed by atoms with Crippen LogP contribution in [0, 0.1) is 0 Å². The van der Waals surface area contributed by atoms with Crippen LogP contribution in [-0.2, 0) is 6.54 Å². The molecule has 2 aliphatic rings. The van der Waals surface area contributed by atoms with Crippen LogP contribution in [0.15, 0.2) is 12.3 Å². The molecule has 1 aromatic rings. The quantitative estimate of drug-likeness (QED) is 0.798. The molecule has 0 spiro atoms. The Balaban J connectivity index is 1.59.